The summed E-state index contributed by atoms with van der Waals surface area (Å²) in [6.07, 6.45) is 6.46. The summed E-state index contributed by atoms with van der Waals surface area (Å²) in [6, 6.07) is 5.32. The summed E-state index contributed by atoms with van der Waals surface area (Å²) in [6.45, 7) is 13.5. The normalized spacial score (nSPS) is 29.8. The molecule has 3 aromatic carbocycles. The number of likely N-dealkylation sites (tertiary alicyclic amines) is 1. The third kappa shape index (κ3) is 9.01. The summed E-state index contributed by atoms with van der Waals surface area (Å²) in [5.74, 6) is -4.54. The summed E-state index contributed by atoms with van der Waals surface area (Å²) in [4.78, 5) is 48.7. The van der Waals surface area contributed by atoms with E-state index in [0.717, 1.165) is 31.5 Å². The number of carbonyl (C=O) groups excluding carboxylic acids is 2. The highest BCUT2D eigenvalue weighted by molar-refractivity contribution is 6.25. The van der Waals surface area contributed by atoms with Crippen LogP contribution in [0, 0.1) is 24.7 Å². The van der Waals surface area contributed by atoms with Crippen molar-refractivity contribution in [2.24, 2.45) is 17.8 Å². The van der Waals surface area contributed by atoms with Gasteiger partial charge in [0.25, 0.3) is 5.78 Å². The molecule has 0 saturated carbocycles. The van der Waals surface area contributed by atoms with Gasteiger partial charge < -0.3 is 53.6 Å². The van der Waals surface area contributed by atoms with Gasteiger partial charge in [-0.2, -0.15) is 0 Å². The number of esters is 1. The first-order valence-corrected chi connectivity index (χ1v) is 21.6. The number of nitrogens with zero attached hydrogens (tertiary/aromatic N) is 2. The number of hydrogen-bond acceptors (Lipinski definition) is 15. The monoisotopic (exact) mass is 869 g/mol. The molecule has 8 atom stereocenters. The number of phenols is 1. The number of ether oxygens (including phenoxy) is 5. The predicted molar refractivity (Wildman–Crippen MR) is 238 cm³/mol. The zero-order valence-electron chi connectivity index (χ0n) is 37.4. The molecule has 4 N–H and O–H groups in total. The molecule has 15 nitrogen and oxygen atoms in total. The number of ketones is 1. The van der Waals surface area contributed by atoms with Crippen molar-refractivity contribution in [2.45, 2.75) is 104 Å². The van der Waals surface area contributed by atoms with Crippen molar-refractivity contribution in [1.82, 2.24) is 9.88 Å². The SMILES string of the molecule is CO[C@H]1/C=C/O[C@@]2(C)Oc3c(C)c(=O)c4c(O)c(c5oc6cc(OC7CCN(C)CC7)ccc6nc5c4c3C2=O)NC/C(C)=C\C=C\[C@H](C)[C@H](O)C[C@@H](O)[C@@H](C)[C@H](OC(C)=O)[C@@H]1C. The number of nitrogens with one attached hydrogen (secondary N) is 1. The summed E-state index contributed by atoms with van der Waals surface area (Å²) in [7, 11) is 3.55. The molecule has 15 heteroatoms. The molecule has 1 aromatic heterocycles. The number of aliphatic hydroxyl groups excluding tert-OH is 2. The van der Waals surface area contributed by atoms with E-state index < -0.39 is 65.0 Å². The molecule has 7 rings (SSSR count). The lowest BCUT2D eigenvalue weighted by Gasteiger charge is -2.35. The number of carbonyl (C=O) groups is 2. The number of phenolic OH excluding ortho intramolecular Hbond substituents is 1. The molecule has 0 amide bonds. The minimum absolute atomic E-state index is 0.00417. The number of aromatic hydroxyl groups is 1. The number of rotatable bonds is 4. The van der Waals surface area contributed by atoms with Crippen LogP contribution in [0.2, 0.25) is 0 Å². The Bertz CT molecular complexity index is 2560. The van der Waals surface area contributed by atoms with Crippen molar-refractivity contribution in [3.05, 3.63) is 75.7 Å². The number of benzene rings is 3. The highest BCUT2D eigenvalue weighted by atomic mass is 16.7. The van der Waals surface area contributed by atoms with Crippen molar-refractivity contribution < 1.29 is 53.0 Å². The van der Waals surface area contributed by atoms with E-state index in [9.17, 15) is 29.7 Å². The first kappa shape index (κ1) is 45.5. The van der Waals surface area contributed by atoms with Gasteiger partial charge in [0.15, 0.2) is 22.3 Å². The number of aliphatic hydroxyl groups is 2. The average molecular weight is 870 g/mol. The fraction of sp³-hybridized carbons (Fsp3) is 0.500. The van der Waals surface area contributed by atoms with Gasteiger partial charge >= 0.3 is 11.8 Å². The summed E-state index contributed by atoms with van der Waals surface area (Å²) < 4.78 is 36.9. The molecular weight excluding hydrogens is 811 g/mol. The zero-order chi connectivity index (χ0) is 45.5. The molecule has 0 unspecified atom stereocenters. The van der Waals surface area contributed by atoms with Crippen molar-refractivity contribution in [2.75, 3.05) is 39.1 Å². The van der Waals surface area contributed by atoms with E-state index in [1.807, 2.05) is 32.1 Å². The van der Waals surface area contributed by atoms with Crippen LogP contribution in [0.3, 0.4) is 0 Å². The van der Waals surface area contributed by atoms with Crippen LogP contribution >= 0.6 is 0 Å². The van der Waals surface area contributed by atoms with Gasteiger partial charge in [-0.25, -0.2) is 4.98 Å². The van der Waals surface area contributed by atoms with Gasteiger partial charge in [0.05, 0.1) is 35.5 Å². The molecule has 0 radical (unpaired) electrons. The molecule has 0 aliphatic carbocycles. The number of Topliss-reactive ketones (excluding diaryl/α,β-unsaturated/α-hetero) is 1. The number of hydrogen-bond donors (Lipinski definition) is 4. The fourth-order valence-electron chi connectivity index (χ4n) is 8.78. The van der Waals surface area contributed by atoms with Crippen LogP contribution in [-0.2, 0) is 19.0 Å². The first-order valence-electron chi connectivity index (χ1n) is 21.6. The van der Waals surface area contributed by atoms with Gasteiger partial charge in [0.1, 0.15) is 40.4 Å². The smallest absolute Gasteiger partial charge is 0.312 e. The van der Waals surface area contributed by atoms with Crippen LogP contribution < -0.4 is 20.2 Å². The second-order valence-corrected chi connectivity index (χ2v) is 17.6. The van der Waals surface area contributed by atoms with Crippen LogP contribution in [0.1, 0.15) is 76.7 Å². The topological polar surface area (TPSA) is 199 Å². The Kier molecular flexibility index (Phi) is 13.2. The minimum Gasteiger partial charge on any atom is -0.505 e. The predicted octanol–water partition coefficient (Wildman–Crippen LogP) is 6.70. The number of anilines is 1. The Balaban J connectivity index is 1.39. The number of piperidine rings is 1. The van der Waals surface area contributed by atoms with Gasteiger partial charge in [-0.05, 0) is 51.9 Å². The standard InChI is InChI=1S/C48H59N3O12/c1-24-11-10-12-25(2)33(53)22-34(54)26(3)44(60-29(6)52)27(4)35(58-9)17-20-59-48(7)47(57)39-37-38(42(55)28(5)45(39)63-48)43(56)41(49-23-24)46-40(37)50-32-14-13-31(21-36(32)62-46)61-30-15-18-51(8)19-16-30/h10-14,17,20-21,25-27,30,33-35,44,49,53-54,56H,15-16,18-19,22-23H2,1-9H3/b12-10+,20-17+,24-11-/t25-,26+,27+,33+,34+,35-,44-,48-/m0/s1. The molecule has 4 aromatic rings. The van der Waals surface area contributed by atoms with Gasteiger partial charge in [0, 0.05) is 81.8 Å². The van der Waals surface area contributed by atoms with E-state index >= 15 is 0 Å². The van der Waals surface area contributed by atoms with Gasteiger partial charge in [-0.3, -0.25) is 14.4 Å². The van der Waals surface area contributed by atoms with Gasteiger partial charge in [0.2, 0.25) is 0 Å². The lowest BCUT2D eigenvalue weighted by Crippen LogP contribution is -2.43. The van der Waals surface area contributed by atoms with Crippen molar-refractivity contribution in [1.29, 1.82) is 0 Å². The Hall–Kier alpha value is -5.48. The third-order valence-electron chi connectivity index (χ3n) is 12.8. The summed E-state index contributed by atoms with van der Waals surface area (Å²) in [5.41, 5.74) is 1.44. The molecule has 1 fully saturated rings. The maximum absolute atomic E-state index is 14.7. The lowest BCUT2D eigenvalue weighted by atomic mass is 9.83. The van der Waals surface area contributed by atoms with Gasteiger partial charge in [-0.1, -0.05) is 44.6 Å². The second-order valence-electron chi connectivity index (χ2n) is 17.6. The van der Waals surface area contributed by atoms with Crippen molar-refractivity contribution >= 4 is 50.4 Å². The zero-order valence-corrected chi connectivity index (χ0v) is 37.4. The van der Waals surface area contributed by atoms with Crippen LogP contribution in [0.15, 0.2) is 63.6 Å². The molecule has 3 aliphatic heterocycles. The summed E-state index contributed by atoms with van der Waals surface area (Å²) >= 11 is 0. The van der Waals surface area contributed by atoms with Crippen LogP contribution in [-0.4, -0.2) is 107 Å². The maximum Gasteiger partial charge on any atom is 0.312 e. The maximum atomic E-state index is 14.7. The molecule has 3 aliphatic rings. The number of methoxy groups -OCH3 is 1. The molecule has 0 spiro atoms. The quantitative estimate of drug-likeness (QED) is 0.0731. The number of aromatic nitrogens is 1. The van der Waals surface area contributed by atoms with E-state index in [4.69, 9.17) is 33.1 Å². The Morgan fingerprint density at radius 3 is 2.46 bits per heavy atom. The van der Waals surface area contributed by atoms with E-state index in [0.29, 0.717) is 16.8 Å². The first-order chi connectivity index (χ1) is 29.9. The van der Waals surface area contributed by atoms with Crippen LogP contribution in [0.4, 0.5) is 5.69 Å². The lowest BCUT2D eigenvalue weighted by molar-refractivity contribution is -0.158. The molecule has 4 heterocycles. The molecule has 4 bridgehead atoms. The Labute approximate surface area is 366 Å². The fourth-order valence-corrected chi connectivity index (χ4v) is 8.78. The van der Waals surface area contributed by atoms with E-state index in [1.54, 1.807) is 38.1 Å². The minimum atomic E-state index is -1.98. The number of allylic oxidation sites excluding steroid dienone is 2. The molecule has 1 saturated heterocycles. The average Bonchev–Trinajstić information content (AvgIpc) is 3.51. The number of fused-ring (bicyclic) bond motifs is 2. The highest BCUT2D eigenvalue weighted by Crippen LogP contribution is 2.48. The molecule has 63 heavy (non-hydrogen) atoms. The van der Waals surface area contributed by atoms with Crippen molar-refractivity contribution in [3.8, 4) is 17.2 Å². The highest BCUT2D eigenvalue weighted by Gasteiger charge is 2.49. The van der Waals surface area contributed by atoms with Gasteiger partial charge in [-0.15, -0.1) is 0 Å². The molecular formula is C48H59N3O12. The Morgan fingerprint density at radius 1 is 1.03 bits per heavy atom. The molecule has 338 valence electrons. The summed E-state index contributed by atoms with van der Waals surface area (Å²) in [5, 5.41) is 37.8. The van der Waals surface area contributed by atoms with Crippen LogP contribution in [0.5, 0.6) is 17.2 Å². The van der Waals surface area contributed by atoms with E-state index in [2.05, 4.69) is 17.3 Å². The third-order valence-corrected chi connectivity index (χ3v) is 12.8. The largest absolute Gasteiger partial charge is 0.505 e. The van der Waals surface area contributed by atoms with E-state index in [1.165, 1.54) is 34.1 Å². The second kappa shape index (κ2) is 18.3. The van der Waals surface area contributed by atoms with Crippen LogP contribution in [0.25, 0.3) is 33.0 Å². The van der Waals surface area contributed by atoms with Crippen molar-refractivity contribution in [3.63, 3.8) is 0 Å². The Morgan fingerprint density at radius 2 is 1.76 bits per heavy atom. The van der Waals surface area contributed by atoms with E-state index in [-0.39, 0.29) is 69.4 Å².